The van der Waals surface area contributed by atoms with Gasteiger partial charge in [-0.1, -0.05) is 291 Å². The number of aromatic nitrogens is 1. The Morgan fingerprint density at radius 2 is 0.598 bits per heavy atom. The van der Waals surface area contributed by atoms with Gasteiger partial charge in [0.2, 0.25) is 0 Å². The molecule has 87 heavy (non-hydrogen) atoms. The van der Waals surface area contributed by atoms with Crippen molar-refractivity contribution in [2.45, 2.75) is 0 Å². The molecule has 0 saturated heterocycles. The van der Waals surface area contributed by atoms with Crippen LogP contribution in [-0.4, -0.2) is 12.6 Å². The number of rotatable bonds is 10. The monoisotopic (exact) mass is 1120 g/mol. The quantitative estimate of drug-likeness (QED) is 0.125. The summed E-state index contributed by atoms with van der Waals surface area (Å²) in [4.78, 5) is 0. The molecule has 3 heterocycles. The molecule has 0 amide bonds. The number of hydrogen-bond donors (Lipinski definition) is 0. The molecule has 0 aliphatic carbocycles. The highest BCUT2D eigenvalue weighted by atomic mass is 28.3. The molecule has 3 heteroatoms. The second-order valence-corrected chi connectivity index (χ2v) is 26.8. The van der Waals surface area contributed by atoms with Crippen LogP contribution in [0.15, 0.2) is 338 Å². The van der Waals surface area contributed by atoms with Crippen molar-refractivity contribution in [1.82, 2.24) is 4.57 Å². The molecule has 2 aromatic heterocycles. The standard InChI is InChI=1S/C84H55NOSi/c1-5-16-56(17-6-1)58-28-32-60(33-29-58)62-36-40-64(41-37-62)66-45-50-79-77(52-66)78-53-67(65-42-38-63(39-43-65)61-34-30-59(31-35-61)57-18-7-2-8-19-57)46-51-80(78)85(79)69-47-49-75-74-48-44-68(72-25-15-26-76-73-24-13-14-27-81(73)86-84(72)76)54-82(74)87(83(75)55-69,70-20-9-3-10-21-70)71-22-11-4-12-23-71/h1-55H. The van der Waals surface area contributed by atoms with Gasteiger partial charge in [0, 0.05) is 32.8 Å². The minimum atomic E-state index is -3.01. The van der Waals surface area contributed by atoms with Crippen LogP contribution in [0, 0.1) is 0 Å². The maximum Gasteiger partial charge on any atom is 0.180 e. The predicted octanol–water partition coefficient (Wildman–Crippen LogP) is 19.7. The number of nitrogens with zero attached hydrogens (tertiary/aromatic N) is 1. The topological polar surface area (TPSA) is 18.1 Å². The van der Waals surface area contributed by atoms with E-state index in [0.29, 0.717) is 0 Å². The van der Waals surface area contributed by atoms with Gasteiger partial charge in [0.25, 0.3) is 0 Å². The van der Waals surface area contributed by atoms with Crippen LogP contribution in [0.5, 0.6) is 0 Å². The molecule has 406 valence electrons. The molecule has 0 unspecified atom stereocenters. The second kappa shape index (κ2) is 20.6. The molecule has 0 saturated carbocycles. The Morgan fingerprint density at radius 1 is 0.230 bits per heavy atom. The van der Waals surface area contributed by atoms with Crippen LogP contribution < -0.4 is 20.7 Å². The lowest BCUT2D eigenvalue weighted by molar-refractivity contribution is 0.670. The predicted molar refractivity (Wildman–Crippen MR) is 369 cm³/mol. The normalized spacial score (nSPS) is 12.5. The van der Waals surface area contributed by atoms with Crippen molar-refractivity contribution < 1.29 is 4.42 Å². The molecule has 0 radical (unpaired) electrons. The molecule has 16 aromatic rings. The number of fused-ring (bicyclic) bond motifs is 9. The van der Waals surface area contributed by atoms with E-state index in [-0.39, 0.29) is 0 Å². The van der Waals surface area contributed by atoms with Gasteiger partial charge in [0.15, 0.2) is 8.07 Å². The molecule has 1 aliphatic heterocycles. The average Bonchev–Trinajstić information content (AvgIpc) is 1.68. The van der Waals surface area contributed by atoms with E-state index in [1.807, 2.05) is 0 Å². The Kier molecular flexibility index (Phi) is 11.9. The van der Waals surface area contributed by atoms with E-state index in [2.05, 4.69) is 338 Å². The molecule has 0 spiro atoms. The Morgan fingerprint density at radius 3 is 1.08 bits per heavy atom. The van der Waals surface area contributed by atoms with E-state index in [1.165, 1.54) is 120 Å². The fourth-order valence-corrected chi connectivity index (χ4v) is 19.3. The number of benzene rings is 14. The largest absolute Gasteiger partial charge is 0.455 e. The third-order valence-corrected chi connectivity index (χ3v) is 23.2. The first kappa shape index (κ1) is 50.4. The summed E-state index contributed by atoms with van der Waals surface area (Å²) in [5.41, 5.74) is 24.5. The lowest BCUT2D eigenvalue weighted by Crippen LogP contribution is -2.72. The molecular formula is C84H55NOSi. The number of hydrogen-bond acceptors (Lipinski definition) is 1. The molecule has 0 bridgehead atoms. The van der Waals surface area contributed by atoms with Gasteiger partial charge >= 0.3 is 0 Å². The van der Waals surface area contributed by atoms with Gasteiger partial charge in [-0.05, 0) is 147 Å². The van der Waals surface area contributed by atoms with Gasteiger partial charge in [-0.15, -0.1) is 0 Å². The van der Waals surface area contributed by atoms with Crippen molar-refractivity contribution >= 4 is 72.6 Å². The number of para-hydroxylation sites is 2. The summed E-state index contributed by atoms with van der Waals surface area (Å²) in [6.07, 6.45) is 0. The molecule has 17 rings (SSSR count). The van der Waals surface area contributed by atoms with E-state index in [4.69, 9.17) is 4.42 Å². The Bertz CT molecular complexity index is 5040. The first-order valence-electron chi connectivity index (χ1n) is 30.0. The van der Waals surface area contributed by atoms with Crippen LogP contribution in [0.25, 0.3) is 138 Å². The molecule has 14 aromatic carbocycles. The third kappa shape index (κ3) is 8.38. The second-order valence-electron chi connectivity index (χ2n) is 23.1. The molecule has 1 aliphatic rings. The van der Waals surface area contributed by atoms with Crippen LogP contribution in [0.2, 0.25) is 0 Å². The summed E-state index contributed by atoms with van der Waals surface area (Å²) in [6, 6.07) is 124. The van der Waals surface area contributed by atoms with E-state index in [9.17, 15) is 0 Å². The first-order chi connectivity index (χ1) is 43.1. The zero-order chi connectivity index (χ0) is 57.4. The Hall–Kier alpha value is -11.1. The highest BCUT2D eigenvalue weighted by Crippen LogP contribution is 2.42. The summed E-state index contributed by atoms with van der Waals surface area (Å²) in [5, 5.41) is 10.2. The summed E-state index contributed by atoms with van der Waals surface area (Å²) in [5.74, 6) is 0. The van der Waals surface area contributed by atoms with Crippen LogP contribution in [-0.2, 0) is 0 Å². The van der Waals surface area contributed by atoms with Crippen molar-refractivity contribution in [2.24, 2.45) is 0 Å². The van der Waals surface area contributed by atoms with Crippen molar-refractivity contribution in [3.8, 4) is 94.7 Å². The van der Waals surface area contributed by atoms with E-state index < -0.39 is 8.07 Å². The SMILES string of the molecule is c1ccc(-c2ccc(-c3ccc(-c4ccc5c(c4)c4cc(-c6ccc(-c7ccc(-c8ccccc8)cc7)cc6)ccc4n5-c4ccc5c(c4)[Si](c4ccccc4)(c4ccccc4)c4cc(-c6cccc7c6oc6ccccc67)ccc4-5)cc3)cc2)cc1. The van der Waals surface area contributed by atoms with Crippen molar-refractivity contribution in [2.75, 3.05) is 0 Å². The lowest BCUT2D eigenvalue weighted by Gasteiger charge is -2.32. The van der Waals surface area contributed by atoms with Gasteiger partial charge in [0.1, 0.15) is 11.2 Å². The van der Waals surface area contributed by atoms with Crippen molar-refractivity contribution in [3.05, 3.63) is 334 Å². The fourth-order valence-electron chi connectivity index (χ4n) is 14.1. The molecule has 0 fully saturated rings. The van der Waals surface area contributed by atoms with Gasteiger partial charge in [-0.2, -0.15) is 0 Å². The average molecular weight is 1120 g/mol. The Balaban J connectivity index is 0.814. The van der Waals surface area contributed by atoms with E-state index in [1.54, 1.807) is 0 Å². The summed E-state index contributed by atoms with van der Waals surface area (Å²) < 4.78 is 9.24. The van der Waals surface area contributed by atoms with Gasteiger partial charge in [-0.3, -0.25) is 0 Å². The van der Waals surface area contributed by atoms with Gasteiger partial charge < -0.3 is 8.98 Å². The maximum absolute atomic E-state index is 6.71. The zero-order valence-electron chi connectivity index (χ0n) is 47.6. The van der Waals surface area contributed by atoms with Crippen LogP contribution >= 0.6 is 0 Å². The van der Waals surface area contributed by atoms with E-state index in [0.717, 1.165) is 38.8 Å². The first-order valence-corrected chi connectivity index (χ1v) is 32.0. The fraction of sp³-hybridized carbons (Fsp3) is 0. The molecule has 0 N–H and O–H groups in total. The highest BCUT2D eigenvalue weighted by Gasteiger charge is 2.49. The highest BCUT2D eigenvalue weighted by molar-refractivity contribution is 7.22. The molecule has 0 atom stereocenters. The maximum atomic E-state index is 6.71. The summed E-state index contributed by atoms with van der Waals surface area (Å²) in [6.45, 7) is 0. The van der Waals surface area contributed by atoms with Crippen LogP contribution in [0.1, 0.15) is 0 Å². The molecule has 2 nitrogen and oxygen atoms in total. The van der Waals surface area contributed by atoms with E-state index >= 15 is 0 Å². The third-order valence-electron chi connectivity index (χ3n) is 18.4. The minimum Gasteiger partial charge on any atom is -0.455 e. The minimum absolute atomic E-state index is 0.905. The summed E-state index contributed by atoms with van der Waals surface area (Å²) in [7, 11) is -3.01. The zero-order valence-corrected chi connectivity index (χ0v) is 48.6. The number of furan rings is 1. The van der Waals surface area contributed by atoms with Gasteiger partial charge in [-0.25, -0.2) is 0 Å². The van der Waals surface area contributed by atoms with Crippen LogP contribution in [0.4, 0.5) is 0 Å². The summed E-state index contributed by atoms with van der Waals surface area (Å²) >= 11 is 0. The molecular weight excluding hydrogens is 1070 g/mol. The Labute approximate surface area is 506 Å². The smallest absolute Gasteiger partial charge is 0.180 e. The van der Waals surface area contributed by atoms with Crippen molar-refractivity contribution in [3.63, 3.8) is 0 Å². The van der Waals surface area contributed by atoms with Gasteiger partial charge in [0.05, 0.1) is 11.0 Å². The van der Waals surface area contributed by atoms with Crippen LogP contribution in [0.3, 0.4) is 0 Å². The van der Waals surface area contributed by atoms with Crippen molar-refractivity contribution in [1.29, 1.82) is 0 Å². The lowest BCUT2D eigenvalue weighted by atomic mass is 9.96.